The first-order valence-corrected chi connectivity index (χ1v) is 3.17. The topological polar surface area (TPSA) is 35.0 Å². The van der Waals surface area contributed by atoms with Crippen LogP contribution < -0.4 is 0 Å². The standard InChI is InChI=1S/C8H8N2O2/c1-6(2)8(11)12-5-7(9-3)10-4/h7H,1,5H2,2H3. The van der Waals surface area contributed by atoms with E-state index in [1.54, 1.807) is 0 Å². The van der Waals surface area contributed by atoms with Gasteiger partial charge in [-0.1, -0.05) is 6.58 Å². The molecule has 0 spiro atoms. The van der Waals surface area contributed by atoms with Crippen molar-refractivity contribution in [2.75, 3.05) is 6.61 Å². The normalized spacial score (nSPS) is 8.33. The Morgan fingerprint density at radius 2 is 2.08 bits per heavy atom. The molecule has 0 amide bonds. The number of rotatable bonds is 3. The van der Waals surface area contributed by atoms with Crippen molar-refractivity contribution in [3.8, 4) is 0 Å². The van der Waals surface area contributed by atoms with Crippen LogP contribution in [-0.2, 0) is 9.53 Å². The molecular weight excluding hydrogens is 156 g/mol. The second kappa shape index (κ2) is 4.92. The van der Waals surface area contributed by atoms with Gasteiger partial charge in [0.05, 0.1) is 0 Å². The Morgan fingerprint density at radius 1 is 1.58 bits per heavy atom. The lowest BCUT2D eigenvalue weighted by atomic mass is 10.4. The summed E-state index contributed by atoms with van der Waals surface area (Å²) in [5.74, 6) is -0.563. The third-order valence-corrected chi connectivity index (χ3v) is 1.01. The predicted octanol–water partition coefficient (Wildman–Crippen LogP) is 1.27. The van der Waals surface area contributed by atoms with Crippen molar-refractivity contribution in [1.82, 2.24) is 0 Å². The molecule has 4 heteroatoms. The number of hydrogen-bond acceptors (Lipinski definition) is 2. The fourth-order valence-electron chi connectivity index (χ4n) is 0.377. The minimum absolute atomic E-state index is 0.182. The van der Waals surface area contributed by atoms with Gasteiger partial charge in [-0.3, -0.25) is 0 Å². The van der Waals surface area contributed by atoms with Gasteiger partial charge in [-0.25, -0.2) is 27.6 Å². The molecule has 0 N–H and O–H groups in total. The highest BCUT2D eigenvalue weighted by atomic mass is 16.5. The first kappa shape index (κ1) is 10.2. The molecule has 0 fully saturated rings. The molecule has 0 atom stereocenters. The minimum Gasteiger partial charge on any atom is -0.445 e. The number of ether oxygens (including phenoxy) is 1. The van der Waals surface area contributed by atoms with Crippen LogP contribution in [0.4, 0.5) is 0 Å². The molecule has 0 rings (SSSR count). The van der Waals surface area contributed by atoms with Gasteiger partial charge in [-0.15, -0.1) is 0 Å². The Bertz CT molecular complexity index is 256. The predicted molar refractivity (Wildman–Crippen MR) is 42.8 cm³/mol. The van der Waals surface area contributed by atoms with Crippen LogP contribution in [0.25, 0.3) is 9.69 Å². The van der Waals surface area contributed by atoms with Crippen LogP contribution in [0.15, 0.2) is 12.2 Å². The molecule has 0 aromatic carbocycles. The SMILES string of the molecule is [C-]#[N+]C(COC(=O)C(=C)C)[N+]#[C-]. The summed E-state index contributed by atoms with van der Waals surface area (Å²) in [6.45, 7) is 17.7. The number of hydrogen-bond donors (Lipinski definition) is 0. The van der Waals surface area contributed by atoms with Gasteiger partial charge < -0.3 is 4.74 Å². The molecule has 0 saturated heterocycles. The summed E-state index contributed by atoms with van der Waals surface area (Å²) in [7, 11) is 0. The van der Waals surface area contributed by atoms with Gasteiger partial charge >= 0.3 is 12.1 Å². The van der Waals surface area contributed by atoms with Crippen LogP contribution >= 0.6 is 0 Å². The van der Waals surface area contributed by atoms with Gasteiger partial charge in [0, 0.05) is 5.57 Å². The molecule has 0 aliphatic rings. The molecule has 12 heavy (non-hydrogen) atoms. The lowest BCUT2D eigenvalue weighted by molar-refractivity contribution is -0.138. The van der Waals surface area contributed by atoms with Crippen molar-refractivity contribution in [1.29, 1.82) is 0 Å². The monoisotopic (exact) mass is 164 g/mol. The number of carbonyl (C=O) groups excluding carboxylic acids is 1. The van der Waals surface area contributed by atoms with E-state index in [1.165, 1.54) is 6.92 Å². The average Bonchev–Trinajstić information content (AvgIpc) is 2.05. The summed E-state index contributed by atoms with van der Waals surface area (Å²) in [5, 5.41) is 0. The highest BCUT2D eigenvalue weighted by Crippen LogP contribution is 1.97. The summed E-state index contributed by atoms with van der Waals surface area (Å²) in [6.07, 6.45) is -0.923. The Balaban J connectivity index is 3.86. The molecule has 0 aromatic rings. The van der Waals surface area contributed by atoms with E-state index in [-0.39, 0.29) is 12.2 Å². The molecular formula is C8H8N2O2. The first-order valence-electron chi connectivity index (χ1n) is 3.17. The van der Waals surface area contributed by atoms with Crippen molar-refractivity contribution in [2.24, 2.45) is 0 Å². The number of carbonyl (C=O) groups is 1. The van der Waals surface area contributed by atoms with Crippen molar-refractivity contribution in [2.45, 2.75) is 13.1 Å². The second-order valence-corrected chi connectivity index (χ2v) is 2.12. The van der Waals surface area contributed by atoms with Gasteiger partial charge in [0.15, 0.2) is 0 Å². The van der Waals surface area contributed by atoms with Gasteiger partial charge in [0.25, 0.3) is 0 Å². The fourth-order valence-corrected chi connectivity index (χ4v) is 0.377. The van der Waals surface area contributed by atoms with Crippen molar-refractivity contribution in [3.63, 3.8) is 0 Å². The Kier molecular flexibility index (Phi) is 4.18. The molecule has 0 aromatic heterocycles. The average molecular weight is 164 g/mol. The highest BCUT2D eigenvalue weighted by Gasteiger charge is 2.18. The van der Waals surface area contributed by atoms with Gasteiger partial charge in [-0.05, 0) is 6.92 Å². The summed E-state index contributed by atoms with van der Waals surface area (Å²) in [6, 6.07) is 0. The van der Waals surface area contributed by atoms with Gasteiger partial charge in [-0.2, -0.15) is 0 Å². The summed E-state index contributed by atoms with van der Waals surface area (Å²) in [4.78, 5) is 16.6. The fraction of sp³-hybridized carbons (Fsp3) is 0.375. The second-order valence-electron chi connectivity index (χ2n) is 2.12. The third kappa shape index (κ3) is 3.38. The van der Waals surface area contributed by atoms with E-state index >= 15 is 0 Å². The third-order valence-electron chi connectivity index (χ3n) is 1.01. The quantitative estimate of drug-likeness (QED) is 0.357. The summed E-state index contributed by atoms with van der Waals surface area (Å²) >= 11 is 0. The van der Waals surface area contributed by atoms with Gasteiger partial charge in [0.1, 0.15) is 0 Å². The molecule has 0 bridgehead atoms. The van der Waals surface area contributed by atoms with Crippen LogP contribution in [0.2, 0.25) is 0 Å². The lowest BCUT2D eigenvalue weighted by Crippen LogP contribution is -2.13. The molecule has 0 saturated carbocycles. The van der Waals surface area contributed by atoms with Crippen LogP contribution in [0.5, 0.6) is 0 Å². The highest BCUT2D eigenvalue weighted by molar-refractivity contribution is 5.86. The molecule has 62 valence electrons. The number of esters is 1. The molecule has 0 radical (unpaired) electrons. The van der Waals surface area contributed by atoms with Crippen molar-refractivity contribution in [3.05, 3.63) is 35.0 Å². The van der Waals surface area contributed by atoms with Crippen molar-refractivity contribution < 1.29 is 9.53 Å². The largest absolute Gasteiger partial charge is 0.508 e. The van der Waals surface area contributed by atoms with E-state index in [4.69, 9.17) is 13.1 Å². The zero-order chi connectivity index (χ0) is 9.56. The van der Waals surface area contributed by atoms with E-state index < -0.39 is 12.1 Å². The Hall–Kier alpha value is -1.81. The maximum absolute atomic E-state index is 10.8. The summed E-state index contributed by atoms with van der Waals surface area (Å²) < 4.78 is 4.58. The maximum Gasteiger partial charge on any atom is 0.508 e. The zero-order valence-electron chi connectivity index (χ0n) is 6.70. The van der Waals surface area contributed by atoms with Gasteiger partial charge in [0.2, 0.25) is 6.61 Å². The first-order chi connectivity index (χ1) is 5.61. The van der Waals surface area contributed by atoms with E-state index in [0.717, 1.165) is 0 Å². The van der Waals surface area contributed by atoms with Crippen molar-refractivity contribution >= 4 is 5.97 Å². The van der Waals surface area contributed by atoms with E-state index in [0.29, 0.717) is 0 Å². The van der Waals surface area contributed by atoms with E-state index in [1.807, 2.05) is 0 Å². The van der Waals surface area contributed by atoms with E-state index in [9.17, 15) is 4.79 Å². The van der Waals surface area contributed by atoms with E-state index in [2.05, 4.69) is 21.0 Å². The molecule has 4 nitrogen and oxygen atoms in total. The Labute approximate surface area is 71.1 Å². The Morgan fingerprint density at radius 3 is 2.42 bits per heavy atom. The number of nitrogens with zero attached hydrogens (tertiary/aromatic N) is 2. The molecule has 0 aliphatic carbocycles. The van der Waals surface area contributed by atoms with Crippen LogP contribution in [0.3, 0.4) is 0 Å². The molecule has 0 heterocycles. The summed E-state index contributed by atoms with van der Waals surface area (Å²) in [5.41, 5.74) is 0.267. The maximum atomic E-state index is 10.8. The smallest absolute Gasteiger partial charge is 0.445 e. The van der Waals surface area contributed by atoms with Crippen LogP contribution in [0, 0.1) is 13.1 Å². The lowest BCUT2D eigenvalue weighted by Gasteiger charge is -1.98. The van der Waals surface area contributed by atoms with Crippen LogP contribution in [-0.4, -0.2) is 18.7 Å². The zero-order valence-corrected chi connectivity index (χ0v) is 6.70. The van der Waals surface area contributed by atoms with Crippen LogP contribution in [0.1, 0.15) is 6.92 Å². The minimum atomic E-state index is -0.923. The molecule has 0 aliphatic heterocycles. The molecule has 0 unspecified atom stereocenters.